The molecule has 4 aromatic carbocycles. The van der Waals surface area contributed by atoms with Gasteiger partial charge in [0, 0.05) is 21.9 Å². The molecule has 35 heavy (non-hydrogen) atoms. The minimum Gasteiger partial charge on any atom is -0.309 e. The molecule has 4 nitrogen and oxygen atoms in total. The molecule has 2 aromatic heterocycles. The maximum atomic E-state index is 9.46. The first-order valence-corrected chi connectivity index (χ1v) is 11.3. The van der Waals surface area contributed by atoms with Crippen LogP contribution in [0.5, 0.6) is 0 Å². The van der Waals surface area contributed by atoms with Crippen molar-refractivity contribution in [2.45, 2.75) is 0 Å². The lowest BCUT2D eigenvalue weighted by atomic mass is 9.99. The summed E-state index contributed by atoms with van der Waals surface area (Å²) in [5.74, 6) is 0. The summed E-state index contributed by atoms with van der Waals surface area (Å²) in [5, 5.41) is 20.9. The van der Waals surface area contributed by atoms with Crippen molar-refractivity contribution < 1.29 is 0 Å². The van der Waals surface area contributed by atoms with E-state index in [4.69, 9.17) is 0 Å². The third-order valence-corrected chi connectivity index (χ3v) is 6.28. The average molecular weight is 447 g/mol. The predicted molar refractivity (Wildman–Crippen MR) is 139 cm³/mol. The minimum atomic E-state index is 0.398. The van der Waals surface area contributed by atoms with Gasteiger partial charge in [-0.15, -0.1) is 0 Å². The first-order chi connectivity index (χ1) is 17.3. The lowest BCUT2D eigenvalue weighted by Crippen LogP contribution is -1.97. The summed E-state index contributed by atoms with van der Waals surface area (Å²) in [6.45, 7) is 0. The second-order valence-electron chi connectivity index (χ2n) is 8.31. The zero-order valence-corrected chi connectivity index (χ0v) is 18.7. The fourth-order valence-electron chi connectivity index (χ4n) is 4.72. The Morgan fingerprint density at radius 3 is 2.26 bits per heavy atom. The van der Waals surface area contributed by atoms with Crippen LogP contribution in [0, 0.1) is 22.7 Å². The number of pyridine rings is 1. The lowest BCUT2D eigenvalue weighted by Gasteiger charge is -2.14. The smallest absolute Gasteiger partial charge is 0.141 e. The van der Waals surface area contributed by atoms with Gasteiger partial charge in [-0.3, -0.25) is 0 Å². The van der Waals surface area contributed by atoms with Crippen LogP contribution in [0.4, 0.5) is 0 Å². The van der Waals surface area contributed by atoms with Gasteiger partial charge in [-0.1, -0.05) is 60.7 Å². The van der Waals surface area contributed by atoms with Crippen molar-refractivity contribution in [2.75, 3.05) is 0 Å². The number of nitriles is 2. The van der Waals surface area contributed by atoms with E-state index >= 15 is 0 Å². The van der Waals surface area contributed by atoms with E-state index in [1.54, 1.807) is 6.07 Å². The quantitative estimate of drug-likeness (QED) is 0.287. The predicted octanol–water partition coefficient (Wildman–Crippen LogP) is 7.26. The van der Waals surface area contributed by atoms with Crippen LogP contribution in [-0.4, -0.2) is 9.55 Å². The molecule has 0 unspecified atom stereocenters. The van der Waals surface area contributed by atoms with Gasteiger partial charge in [-0.25, -0.2) is 4.98 Å². The number of hydrogen-bond donors (Lipinski definition) is 0. The number of hydrogen-bond acceptors (Lipinski definition) is 3. The van der Waals surface area contributed by atoms with Gasteiger partial charge in [0.15, 0.2) is 0 Å². The van der Waals surface area contributed by atoms with Gasteiger partial charge >= 0.3 is 0 Å². The van der Waals surface area contributed by atoms with Gasteiger partial charge in [0.1, 0.15) is 11.8 Å². The molecule has 0 aliphatic heterocycles. The van der Waals surface area contributed by atoms with Crippen molar-refractivity contribution in [1.29, 1.82) is 10.5 Å². The number of rotatable bonds is 3. The molecule has 162 valence electrons. The van der Waals surface area contributed by atoms with Crippen LogP contribution in [0.25, 0.3) is 49.9 Å². The van der Waals surface area contributed by atoms with Gasteiger partial charge in [-0.05, 0) is 54.1 Å². The summed E-state index contributed by atoms with van der Waals surface area (Å²) in [7, 11) is 0. The van der Waals surface area contributed by atoms with Gasteiger partial charge < -0.3 is 4.57 Å². The Morgan fingerprint density at radius 1 is 0.600 bits per heavy atom. The van der Waals surface area contributed by atoms with Crippen LogP contribution < -0.4 is 0 Å². The van der Waals surface area contributed by atoms with E-state index in [-0.39, 0.29) is 0 Å². The highest BCUT2D eigenvalue weighted by atomic mass is 15.0. The Balaban J connectivity index is 1.59. The van der Waals surface area contributed by atoms with Crippen molar-refractivity contribution in [3.8, 4) is 40.2 Å². The molecule has 0 aliphatic carbocycles. The molecular formula is C31H18N4. The van der Waals surface area contributed by atoms with Crippen molar-refractivity contribution in [3.63, 3.8) is 0 Å². The largest absolute Gasteiger partial charge is 0.309 e. The minimum absolute atomic E-state index is 0.398. The summed E-state index contributed by atoms with van der Waals surface area (Å²) < 4.78 is 2.27. The number of fused-ring (bicyclic) bond motifs is 3. The number of benzene rings is 4. The highest BCUT2D eigenvalue weighted by Crippen LogP contribution is 2.37. The van der Waals surface area contributed by atoms with E-state index in [0.717, 1.165) is 49.9 Å². The summed E-state index contributed by atoms with van der Waals surface area (Å²) in [5.41, 5.74) is 8.10. The normalized spacial score (nSPS) is 10.8. The highest BCUT2D eigenvalue weighted by molar-refractivity contribution is 6.10. The first-order valence-electron chi connectivity index (χ1n) is 11.3. The molecule has 6 rings (SSSR count). The van der Waals surface area contributed by atoms with Crippen molar-refractivity contribution in [3.05, 3.63) is 120 Å². The van der Waals surface area contributed by atoms with E-state index in [1.807, 2.05) is 66.7 Å². The fourth-order valence-corrected chi connectivity index (χ4v) is 4.72. The maximum absolute atomic E-state index is 9.46. The molecule has 4 heteroatoms. The molecule has 0 spiro atoms. The Hall–Kier alpha value is -5.19. The summed E-state index contributed by atoms with van der Waals surface area (Å²) >= 11 is 0. The van der Waals surface area contributed by atoms with Crippen molar-refractivity contribution in [2.24, 2.45) is 0 Å². The molecule has 0 saturated carbocycles. The Bertz CT molecular complexity index is 1830. The van der Waals surface area contributed by atoms with Crippen LogP contribution in [0.2, 0.25) is 0 Å². The molecule has 0 aliphatic rings. The zero-order valence-electron chi connectivity index (χ0n) is 18.7. The van der Waals surface area contributed by atoms with Gasteiger partial charge in [0.2, 0.25) is 0 Å². The van der Waals surface area contributed by atoms with Crippen LogP contribution in [-0.2, 0) is 0 Å². The fraction of sp³-hybridized carbons (Fsp3) is 0. The Kier molecular flexibility index (Phi) is 4.84. The molecule has 0 amide bonds. The Morgan fingerprint density at radius 2 is 1.37 bits per heavy atom. The Labute approximate surface area is 202 Å². The zero-order chi connectivity index (χ0) is 23.8. The lowest BCUT2D eigenvalue weighted by molar-refractivity contribution is 1.18. The highest BCUT2D eigenvalue weighted by Gasteiger charge is 2.16. The number of aromatic nitrogens is 2. The van der Waals surface area contributed by atoms with Crippen molar-refractivity contribution >= 4 is 21.8 Å². The van der Waals surface area contributed by atoms with Crippen LogP contribution in [0.3, 0.4) is 0 Å². The standard InChI is InChI=1S/C31H18N4/c32-19-21-15-16-31-27(17-21)26-11-2-4-14-30(26)35(31)29-13-3-1-10-25(29)22-7-5-8-23(18-22)28-12-6-9-24(20-33)34-28/h1-18H. The van der Waals surface area contributed by atoms with E-state index < -0.39 is 0 Å². The molecule has 2 heterocycles. The first kappa shape index (κ1) is 20.4. The molecule has 0 saturated heterocycles. The summed E-state index contributed by atoms with van der Waals surface area (Å²) in [4.78, 5) is 4.47. The second kappa shape index (κ2) is 8.30. The molecule has 0 bridgehead atoms. The van der Waals surface area contributed by atoms with E-state index in [1.165, 1.54) is 0 Å². The molecule has 0 atom stereocenters. The van der Waals surface area contributed by atoms with Crippen molar-refractivity contribution in [1.82, 2.24) is 9.55 Å². The third kappa shape index (κ3) is 3.42. The number of nitrogens with zero attached hydrogens (tertiary/aromatic N) is 4. The topological polar surface area (TPSA) is 65.4 Å². The van der Waals surface area contributed by atoms with E-state index in [0.29, 0.717) is 11.3 Å². The van der Waals surface area contributed by atoms with Gasteiger partial charge in [0.05, 0.1) is 34.0 Å². The maximum Gasteiger partial charge on any atom is 0.141 e. The van der Waals surface area contributed by atoms with E-state index in [2.05, 4.69) is 58.1 Å². The van der Waals surface area contributed by atoms with Crippen LogP contribution in [0.1, 0.15) is 11.3 Å². The molecular weight excluding hydrogens is 428 g/mol. The van der Waals surface area contributed by atoms with E-state index in [9.17, 15) is 10.5 Å². The molecule has 0 N–H and O–H groups in total. The molecule has 0 fully saturated rings. The van der Waals surface area contributed by atoms with Gasteiger partial charge in [-0.2, -0.15) is 10.5 Å². The second-order valence-corrected chi connectivity index (χ2v) is 8.31. The average Bonchev–Trinajstić information content (AvgIpc) is 3.26. The molecule has 6 aromatic rings. The van der Waals surface area contributed by atoms with Crippen LogP contribution >= 0.6 is 0 Å². The van der Waals surface area contributed by atoms with Crippen LogP contribution in [0.15, 0.2) is 109 Å². The number of para-hydroxylation sites is 2. The third-order valence-electron chi connectivity index (χ3n) is 6.28. The monoisotopic (exact) mass is 446 g/mol. The summed E-state index contributed by atoms with van der Waals surface area (Å²) in [6.07, 6.45) is 0. The molecule has 0 radical (unpaired) electrons. The van der Waals surface area contributed by atoms with Gasteiger partial charge in [0.25, 0.3) is 0 Å². The summed E-state index contributed by atoms with van der Waals surface area (Å²) in [6, 6.07) is 40.6. The SMILES string of the molecule is N#Cc1ccc2c(c1)c1ccccc1n2-c1ccccc1-c1cccc(-c2cccc(C#N)n2)c1.